The number of aromatic nitrogens is 2. The number of amides is 1. The van der Waals surface area contributed by atoms with Crippen LogP contribution in [0.4, 0.5) is 17.3 Å². The summed E-state index contributed by atoms with van der Waals surface area (Å²) in [6.07, 6.45) is 5.31. The van der Waals surface area contributed by atoms with E-state index in [0.29, 0.717) is 24.8 Å². The lowest BCUT2D eigenvalue weighted by atomic mass is 9.97. The molecule has 3 heterocycles. The maximum absolute atomic E-state index is 13.8. The minimum absolute atomic E-state index is 0.0454. The maximum atomic E-state index is 13.8. The van der Waals surface area contributed by atoms with Gasteiger partial charge in [0.05, 0.1) is 18.8 Å². The zero-order chi connectivity index (χ0) is 21.2. The number of nitrogens with zero attached hydrogens (tertiary/aromatic N) is 3. The fourth-order valence-electron chi connectivity index (χ4n) is 4.51. The number of hydrogen-bond acceptors (Lipinski definition) is 5. The SMILES string of the molecule is CCOc1ccc2c(n1)N(C(=O)C1CCc3ccccc3CC1)Cc1cccnc1N2. The van der Waals surface area contributed by atoms with E-state index in [4.69, 9.17) is 9.72 Å². The average molecular weight is 415 g/mol. The van der Waals surface area contributed by atoms with Crippen molar-refractivity contribution in [1.82, 2.24) is 9.97 Å². The summed E-state index contributed by atoms with van der Waals surface area (Å²) in [5.41, 5.74) is 4.47. The maximum Gasteiger partial charge on any atom is 0.231 e. The summed E-state index contributed by atoms with van der Waals surface area (Å²) in [6.45, 7) is 2.89. The minimum atomic E-state index is -0.0454. The van der Waals surface area contributed by atoms with Crippen LogP contribution in [0.15, 0.2) is 54.7 Å². The number of carbonyl (C=O) groups is 1. The van der Waals surface area contributed by atoms with Crippen molar-refractivity contribution < 1.29 is 9.53 Å². The van der Waals surface area contributed by atoms with Crippen LogP contribution in [0.2, 0.25) is 0 Å². The normalized spacial score (nSPS) is 15.6. The standard InChI is InChI=1S/C25H26N4O2/c1-2-31-22-14-13-21-24(28-22)29(16-20-8-5-15-26-23(20)27-21)25(30)19-11-9-17-6-3-4-7-18(17)10-12-19/h3-8,13-15,19H,2,9-12,16H2,1H3,(H,26,27). The molecule has 1 aromatic carbocycles. The van der Waals surface area contributed by atoms with Gasteiger partial charge in [0.15, 0.2) is 5.82 Å². The number of carbonyl (C=O) groups excluding carboxylic acids is 1. The lowest BCUT2D eigenvalue weighted by molar-refractivity contribution is -0.122. The molecule has 0 unspecified atom stereocenters. The van der Waals surface area contributed by atoms with Gasteiger partial charge in [-0.25, -0.2) is 4.98 Å². The summed E-state index contributed by atoms with van der Waals surface area (Å²) in [5.74, 6) is 1.96. The highest BCUT2D eigenvalue weighted by Gasteiger charge is 2.32. The van der Waals surface area contributed by atoms with Crippen LogP contribution in [0, 0.1) is 5.92 Å². The number of pyridine rings is 2. The van der Waals surface area contributed by atoms with E-state index in [0.717, 1.165) is 42.8 Å². The van der Waals surface area contributed by atoms with Crippen molar-refractivity contribution >= 4 is 23.2 Å². The molecule has 1 aliphatic carbocycles. The summed E-state index contributed by atoms with van der Waals surface area (Å²) in [4.78, 5) is 24.8. The van der Waals surface area contributed by atoms with Gasteiger partial charge in [0.25, 0.3) is 0 Å². The highest BCUT2D eigenvalue weighted by atomic mass is 16.5. The quantitative estimate of drug-likeness (QED) is 0.632. The number of nitrogens with one attached hydrogen (secondary N) is 1. The number of rotatable bonds is 3. The van der Waals surface area contributed by atoms with Crippen molar-refractivity contribution in [3.05, 3.63) is 71.4 Å². The number of benzene rings is 1. The third-order valence-corrected chi connectivity index (χ3v) is 6.13. The van der Waals surface area contributed by atoms with E-state index >= 15 is 0 Å². The summed E-state index contributed by atoms with van der Waals surface area (Å²) in [7, 11) is 0. The smallest absolute Gasteiger partial charge is 0.231 e. The van der Waals surface area contributed by atoms with Crippen LogP contribution in [0.1, 0.15) is 36.5 Å². The highest BCUT2D eigenvalue weighted by Crippen LogP contribution is 2.37. The molecule has 1 N–H and O–H groups in total. The summed E-state index contributed by atoms with van der Waals surface area (Å²) >= 11 is 0. The fraction of sp³-hybridized carbons (Fsp3) is 0.320. The van der Waals surface area contributed by atoms with Crippen LogP contribution in [-0.4, -0.2) is 22.5 Å². The third kappa shape index (κ3) is 3.85. The molecule has 1 amide bonds. The predicted molar refractivity (Wildman–Crippen MR) is 121 cm³/mol. The fourth-order valence-corrected chi connectivity index (χ4v) is 4.51. The Morgan fingerprint density at radius 3 is 2.55 bits per heavy atom. The molecule has 3 aromatic rings. The van der Waals surface area contributed by atoms with E-state index in [1.54, 1.807) is 6.20 Å². The van der Waals surface area contributed by atoms with E-state index < -0.39 is 0 Å². The topological polar surface area (TPSA) is 67.3 Å². The van der Waals surface area contributed by atoms with Crippen molar-refractivity contribution in [1.29, 1.82) is 0 Å². The Hall–Kier alpha value is -3.41. The van der Waals surface area contributed by atoms with Crippen molar-refractivity contribution in [2.24, 2.45) is 5.92 Å². The molecule has 158 valence electrons. The summed E-state index contributed by atoms with van der Waals surface area (Å²) in [5, 5.41) is 3.36. The van der Waals surface area contributed by atoms with Gasteiger partial charge in [-0.15, -0.1) is 0 Å². The Labute approximate surface area is 182 Å². The number of aryl methyl sites for hydroxylation is 2. The van der Waals surface area contributed by atoms with Gasteiger partial charge in [0.1, 0.15) is 5.82 Å². The molecule has 6 heteroatoms. The molecule has 2 aromatic heterocycles. The molecular weight excluding hydrogens is 388 g/mol. The van der Waals surface area contributed by atoms with Crippen LogP contribution in [0.25, 0.3) is 0 Å². The van der Waals surface area contributed by atoms with Gasteiger partial charge >= 0.3 is 0 Å². The first kappa shape index (κ1) is 19.5. The van der Waals surface area contributed by atoms with Crippen molar-refractivity contribution in [3.8, 4) is 5.88 Å². The first-order chi connectivity index (χ1) is 15.2. The van der Waals surface area contributed by atoms with Gasteiger partial charge in [-0.1, -0.05) is 30.3 Å². The minimum Gasteiger partial charge on any atom is -0.478 e. The molecule has 0 bridgehead atoms. The van der Waals surface area contributed by atoms with E-state index in [1.165, 1.54) is 11.1 Å². The van der Waals surface area contributed by atoms with Crippen molar-refractivity contribution in [2.75, 3.05) is 16.8 Å². The van der Waals surface area contributed by atoms with E-state index in [-0.39, 0.29) is 11.8 Å². The molecule has 0 radical (unpaired) electrons. The highest BCUT2D eigenvalue weighted by molar-refractivity contribution is 5.98. The Bertz CT molecular complexity index is 1090. The number of anilines is 3. The van der Waals surface area contributed by atoms with Crippen LogP contribution < -0.4 is 15.0 Å². The van der Waals surface area contributed by atoms with Crippen LogP contribution in [0.5, 0.6) is 5.88 Å². The van der Waals surface area contributed by atoms with Crippen LogP contribution in [0.3, 0.4) is 0 Å². The lowest BCUT2D eigenvalue weighted by Gasteiger charge is -2.26. The Morgan fingerprint density at radius 2 is 1.81 bits per heavy atom. The zero-order valence-electron chi connectivity index (χ0n) is 17.7. The molecule has 31 heavy (non-hydrogen) atoms. The molecule has 0 fully saturated rings. The van der Waals surface area contributed by atoms with Crippen molar-refractivity contribution in [2.45, 2.75) is 39.2 Å². The zero-order valence-corrected chi connectivity index (χ0v) is 17.7. The van der Waals surface area contributed by atoms with Crippen LogP contribution >= 0.6 is 0 Å². The monoisotopic (exact) mass is 414 g/mol. The van der Waals surface area contributed by atoms with Gasteiger partial charge in [-0.3, -0.25) is 9.69 Å². The first-order valence-electron chi connectivity index (χ1n) is 11.0. The largest absolute Gasteiger partial charge is 0.478 e. The number of ether oxygens (including phenoxy) is 1. The second-order valence-electron chi connectivity index (χ2n) is 8.06. The average Bonchev–Trinajstić information content (AvgIpc) is 3.11. The molecule has 0 saturated heterocycles. The van der Waals surface area contributed by atoms with Gasteiger partial charge in [0, 0.05) is 23.7 Å². The summed E-state index contributed by atoms with van der Waals surface area (Å²) in [6, 6.07) is 16.2. The lowest BCUT2D eigenvalue weighted by Crippen LogP contribution is -2.36. The van der Waals surface area contributed by atoms with Gasteiger partial charge in [-0.2, -0.15) is 4.98 Å². The Morgan fingerprint density at radius 1 is 1.06 bits per heavy atom. The predicted octanol–water partition coefficient (Wildman–Crippen LogP) is 4.66. The van der Waals surface area contributed by atoms with E-state index in [9.17, 15) is 4.79 Å². The molecule has 1 aliphatic heterocycles. The molecule has 2 aliphatic rings. The van der Waals surface area contributed by atoms with Gasteiger partial charge < -0.3 is 10.1 Å². The summed E-state index contributed by atoms with van der Waals surface area (Å²) < 4.78 is 5.63. The van der Waals surface area contributed by atoms with Gasteiger partial charge in [0.2, 0.25) is 11.8 Å². The number of fused-ring (bicyclic) bond motifs is 3. The molecule has 6 nitrogen and oxygen atoms in total. The molecule has 0 atom stereocenters. The molecule has 5 rings (SSSR count). The van der Waals surface area contributed by atoms with Gasteiger partial charge in [-0.05, 0) is 55.9 Å². The Balaban J connectivity index is 1.49. The third-order valence-electron chi connectivity index (χ3n) is 6.13. The molecular formula is C25H26N4O2. The first-order valence-corrected chi connectivity index (χ1v) is 11.0. The number of hydrogen-bond donors (Lipinski definition) is 1. The van der Waals surface area contributed by atoms with Crippen molar-refractivity contribution in [3.63, 3.8) is 0 Å². The Kier molecular flexibility index (Phi) is 5.28. The van der Waals surface area contributed by atoms with Crippen LogP contribution in [-0.2, 0) is 24.2 Å². The second kappa shape index (κ2) is 8.38. The molecule has 0 spiro atoms. The molecule has 0 saturated carbocycles. The van der Waals surface area contributed by atoms with E-state index in [1.807, 2.05) is 36.1 Å². The second-order valence-corrected chi connectivity index (χ2v) is 8.06. The van der Waals surface area contributed by atoms with E-state index in [2.05, 4.69) is 34.6 Å².